The summed E-state index contributed by atoms with van der Waals surface area (Å²) in [5, 5.41) is 43.4. The molecule has 10 N–H and O–H groups in total. The minimum atomic E-state index is -5.44. The molecule has 5 heterocycles. The highest BCUT2D eigenvalue weighted by Gasteiger charge is 2.50. The molecule has 2 fully saturated rings. The highest BCUT2D eigenvalue weighted by atomic mass is 35.5. The van der Waals surface area contributed by atoms with Gasteiger partial charge in [0.05, 0.1) is 13.2 Å². The molecular formula is C27H31ClN7O14P2S+. The SMILES string of the molecule is NC(=O)c1ccc[n+]([C@H]2O[C@@H](COP(=O)(O)OP(=O)(O)OC[C@H]3O[C@@H](n4c(Sc5ccc(Cl)cc5)nc5c(N)ncnc54)[C@@H](O)C3O)[C@@H](O)C2O)c1. The van der Waals surface area contributed by atoms with Gasteiger partial charge in [0.1, 0.15) is 42.4 Å². The van der Waals surface area contributed by atoms with Crippen LogP contribution in [0.1, 0.15) is 22.8 Å². The van der Waals surface area contributed by atoms with Crippen molar-refractivity contribution in [2.24, 2.45) is 5.73 Å². The van der Waals surface area contributed by atoms with E-state index in [2.05, 4.69) is 19.3 Å². The van der Waals surface area contributed by atoms with E-state index in [1.54, 1.807) is 24.3 Å². The van der Waals surface area contributed by atoms with Crippen LogP contribution in [0.25, 0.3) is 11.2 Å². The summed E-state index contributed by atoms with van der Waals surface area (Å²) in [5.41, 5.74) is 11.6. The highest BCUT2D eigenvalue weighted by molar-refractivity contribution is 7.99. The number of aromatic nitrogens is 5. The summed E-state index contributed by atoms with van der Waals surface area (Å²) in [4.78, 5) is 45.2. The number of halogens is 1. The normalized spacial score (nSPS) is 28.5. The minimum absolute atomic E-state index is 0.0162. The Morgan fingerprint density at radius 3 is 2.25 bits per heavy atom. The number of ether oxygens (including phenoxy) is 2. The van der Waals surface area contributed by atoms with Crippen LogP contribution >= 0.6 is 39.0 Å². The van der Waals surface area contributed by atoms with Crippen LogP contribution in [0, 0.1) is 0 Å². The van der Waals surface area contributed by atoms with Crippen LogP contribution < -0.4 is 16.0 Å². The molecule has 2 aliphatic heterocycles. The van der Waals surface area contributed by atoms with E-state index in [-0.39, 0.29) is 27.7 Å². The predicted octanol–water partition coefficient (Wildman–Crippen LogP) is -0.211. The van der Waals surface area contributed by atoms with Gasteiger partial charge in [-0.3, -0.25) is 18.4 Å². The quantitative estimate of drug-likeness (QED) is 0.0640. The zero-order valence-electron chi connectivity index (χ0n) is 26.2. The van der Waals surface area contributed by atoms with Crippen LogP contribution in [-0.4, -0.2) is 105 Å². The fraction of sp³-hybridized carbons (Fsp3) is 0.370. The van der Waals surface area contributed by atoms with Gasteiger partial charge in [-0.1, -0.05) is 23.4 Å². The fourth-order valence-electron chi connectivity index (χ4n) is 5.32. The molecule has 25 heteroatoms. The van der Waals surface area contributed by atoms with E-state index in [0.29, 0.717) is 9.92 Å². The molecule has 4 aromatic rings. The molecule has 280 valence electrons. The summed E-state index contributed by atoms with van der Waals surface area (Å²) >= 11 is 7.12. The number of nitrogens with zero attached hydrogens (tertiary/aromatic N) is 5. The van der Waals surface area contributed by atoms with Crippen LogP contribution in [-0.2, 0) is 32.0 Å². The number of nitrogens with two attached hydrogens (primary N) is 2. The Hall–Kier alpha value is -3.15. The van der Waals surface area contributed by atoms with Gasteiger partial charge in [-0.25, -0.2) is 24.1 Å². The lowest BCUT2D eigenvalue weighted by Gasteiger charge is -2.20. The third-order valence-electron chi connectivity index (χ3n) is 7.84. The molecule has 2 aliphatic rings. The number of phosphoric ester groups is 2. The number of anilines is 1. The second-order valence-electron chi connectivity index (χ2n) is 11.4. The van der Waals surface area contributed by atoms with Gasteiger partial charge in [0, 0.05) is 16.0 Å². The second-order valence-corrected chi connectivity index (χ2v) is 15.9. The van der Waals surface area contributed by atoms with Gasteiger partial charge in [0.2, 0.25) is 0 Å². The molecule has 10 atom stereocenters. The topological polar surface area (TPSA) is 318 Å². The Balaban J connectivity index is 1.09. The number of primary amides is 1. The maximum absolute atomic E-state index is 12.7. The molecule has 21 nitrogen and oxygen atoms in total. The lowest BCUT2D eigenvalue weighted by molar-refractivity contribution is -0.765. The predicted molar refractivity (Wildman–Crippen MR) is 175 cm³/mol. The Labute approximate surface area is 301 Å². The molecule has 1 aromatic carbocycles. The monoisotopic (exact) mass is 806 g/mol. The first-order valence-electron chi connectivity index (χ1n) is 14.9. The lowest BCUT2D eigenvalue weighted by Crippen LogP contribution is -2.46. The van der Waals surface area contributed by atoms with Crippen molar-refractivity contribution in [3.05, 3.63) is 65.7 Å². The summed E-state index contributed by atoms with van der Waals surface area (Å²) in [6.45, 7) is -1.86. The van der Waals surface area contributed by atoms with Crippen LogP contribution in [0.2, 0.25) is 5.02 Å². The number of carbonyl (C=O) groups excluding carboxylic acids is 1. The molecule has 2 saturated heterocycles. The van der Waals surface area contributed by atoms with Crippen molar-refractivity contribution in [2.45, 2.75) is 59.1 Å². The van der Waals surface area contributed by atoms with Crippen LogP contribution in [0.5, 0.6) is 0 Å². The summed E-state index contributed by atoms with van der Waals surface area (Å²) in [7, 11) is -10.9. The van der Waals surface area contributed by atoms with Gasteiger partial charge in [-0.15, -0.1) is 0 Å². The Bertz CT molecular complexity index is 2050. The van der Waals surface area contributed by atoms with Gasteiger partial charge < -0.3 is 51.2 Å². The van der Waals surface area contributed by atoms with Crippen molar-refractivity contribution in [3.8, 4) is 0 Å². The zero-order chi connectivity index (χ0) is 37.5. The number of amides is 1. The molecule has 3 aromatic heterocycles. The average Bonchev–Trinajstić information content (AvgIpc) is 3.70. The molecule has 0 spiro atoms. The van der Waals surface area contributed by atoms with Crippen molar-refractivity contribution < 1.29 is 71.5 Å². The number of nitrogen functional groups attached to an aromatic ring is 1. The molecule has 0 aliphatic carbocycles. The molecule has 0 saturated carbocycles. The number of carbonyl (C=O) groups is 1. The van der Waals surface area contributed by atoms with Crippen molar-refractivity contribution in [1.82, 2.24) is 19.5 Å². The van der Waals surface area contributed by atoms with E-state index in [4.69, 9.17) is 41.6 Å². The third-order valence-corrected chi connectivity index (χ3v) is 11.7. The average molecular weight is 807 g/mol. The van der Waals surface area contributed by atoms with E-state index in [0.717, 1.165) is 18.1 Å². The Morgan fingerprint density at radius 1 is 0.962 bits per heavy atom. The maximum atomic E-state index is 12.7. The number of aliphatic hydroxyl groups is 4. The number of phosphoric acid groups is 2. The molecule has 1 amide bonds. The zero-order valence-corrected chi connectivity index (χ0v) is 29.6. The maximum Gasteiger partial charge on any atom is 0.481 e. The molecule has 0 bridgehead atoms. The van der Waals surface area contributed by atoms with Gasteiger partial charge in [0.25, 0.3) is 12.1 Å². The van der Waals surface area contributed by atoms with Crippen molar-refractivity contribution in [2.75, 3.05) is 18.9 Å². The summed E-state index contributed by atoms with van der Waals surface area (Å²) < 4.78 is 53.1. The number of benzene rings is 1. The van der Waals surface area contributed by atoms with Crippen LogP contribution in [0.15, 0.2) is 65.2 Å². The molecular weight excluding hydrogens is 776 g/mol. The van der Waals surface area contributed by atoms with E-state index in [1.807, 2.05) is 0 Å². The smallest absolute Gasteiger partial charge is 0.387 e. The summed E-state index contributed by atoms with van der Waals surface area (Å²) in [6.07, 6.45) is -8.48. The first-order chi connectivity index (χ1) is 24.5. The number of imidazole rings is 1. The minimum Gasteiger partial charge on any atom is -0.387 e. The van der Waals surface area contributed by atoms with Gasteiger partial charge >= 0.3 is 15.6 Å². The van der Waals surface area contributed by atoms with Gasteiger partial charge in [0.15, 0.2) is 46.9 Å². The fourth-order valence-corrected chi connectivity index (χ4v) is 8.44. The number of pyridine rings is 1. The third kappa shape index (κ3) is 8.31. The second kappa shape index (κ2) is 15.3. The number of hydrogen-bond acceptors (Lipinski definition) is 17. The standard InChI is InChI=1S/C27H30ClN7O14P2S/c28-13-3-5-14(6-4-13)52-27-33-17-22(29)31-11-32-24(17)35(27)26-21(39)19(37)16(48-26)10-46-51(43,44)49-50(41,42)45-9-15-18(36)20(38)25(47-15)34-7-1-2-12(8-34)23(30)40/h1-8,11,15-16,18-21,25-26,36-39H,9-10H2,(H5-,29,30,31,32,40,41,42,43,44)/p+1/t15-,16+,18+,19?,20?,21-,25-,26+/m0/s1. The van der Waals surface area contributed by atoms with Crippen molar-refractivity contribution in [1.29, 1.82) is 0 Å². The number of hydrogen-bond donors (Lipinski definition) is 8. The van der Waals surface area contributed by atoms with Crippen LogP contribution in [0.4, 0.5) is 5.82 Å². The molecule has 4 unspecified atom stereocenters. The molecule has 0 radical (unpaired) electrons. The van der Waals surface area contributed by atoms with E-state index in [9.17, 15) is 44.1 Å². The number of aliphatic hydroxyl groups excluding tert-OH is 4. The first-order valence-corrected chi connectivity index (χ1v) is 19.1. The van der Waals surface area contributed by atoms with Crippen molar-refractivity contribution in [3.63, 3.8) is 0 Å². The largest absolute Gasteiger partial charge is 0.481 e. The Morgan fingerprint density at radius 2 is 1.60 bits per heavy atom. The summed E-state index contributed by atoms with van der Waals surface area (Å²) in [5.74, 6) is -0.755. The Kier molecular flexibility index (Phi) is 11.3. The van der Waals surface area contributed by atoms with Crippen LogP contribution in [0.3, 0.4) is 0 Å². The molecule has 52 heavy (non-hydrogen) atoms. The van der Waals surface area contributed by atoms with Gasteiger partial charge in [-0.2, -0.15) is 8.88 Å². The summed E-state index contributed by atoms with van der Waals surface area (Å²) in [6, 6.07) is 9.55. The van der Waals surface area contributed by atoms with Crippen molar-refractivity contribution >= 4 is 61.9 Å². The lowest BCUT2D eigenvalue weighted by atomic mass is 10.1. The van der Waals surface area contributed by atoms with E-state index < -0.39 is 83.8 Å². The highest BCUT2D eigenvalue weighted by Crippen LogP contribution is 2.61. The number of rotatable bonds is 13. The number of fused-ring (bicyclic) bond motifs is 1. The molecule has 6 rings (SSSR count). The first kappa shape index (κ1) is 38.6. The van der Waals surface area contributed by atoms with Gasteiger partial charge in [-0.05, 0) is 30.3 Å². The van der Waals surface area contributed by atoms with E-state index in [1.165, 1.54) is 33.7 Å². The van der Waals surface area contributed by atoms with E-state index >= 15 is 0 Å².